The molecule has 0 radical (unpaired) electrons. The summed E-state index contributed by atoms with van der Waals surface area (Å²) in [4.78, 5) is 2.30. The van der Waals surface area contributed by atoms with Gasteiger partial charge in [-0.2, -0.15) is 0 Å². The minimum Gasteiger partial charge on any atom is -0.390 e. The van der Waals surface area contributed by atoms with Gasteiger partial charge in [0.05, 0.1) is 11.7 Å². The van der Waals surface area contributed by atoms with Crippen molar-refractivity contribution in [2.75, 3.05) is 18.0 Å². The molecule has 106 valence electrons. The highest BCUT2D eigenvalue weighted by Gasteiger charge is 2.25. The largest absolute Gasteiger partial charge is 0.390 e. The van der Waals surface area contributed by atoms with Gasteiger partial charge in [0, 0.05) is 23.2 Å². The van der Waals surface area contributed by atoms with Crippen LogP contribution in [0.2, 0.25) is 0 Å². The molecule has 0 amide bonds. The number of halogens is 1. The maximum absolute atomic E-state index is 10.1. The van der Waals surface area contributed by atoms with Crippen LogP contribution >= 0.6 is 15.9 Å². The van der Waals surface area contributed by atoms with Crippen LogP contribution in [0.1, 0.15) is 44.8 Å². The molecule has 19 heavy (non-hydrogen) atoms. The lowest BCUT2D eigenvalue weighted by atomic mass is 9.98. The van der Waals surface area contributed by atoms with Crippen LogP contribution in [0.5, 0.6) is 0 Å². The van der Waals surface area contributed by atoms with Crippen molar-refractivity contribution in [2.45, 2.75) is 44.8 Å². The summed E-state index contributed by atoms with van der Waals surface area (Å²) < 4.78 is 0.941. The van der Waals surface area contributed by atoms with Gasteiger partial charge in [-0.15, -0.1) is 0 Å². The fourth-order valence-corrected chi connectivity index (χ4v) is 3.27. The van der Waals surface area contributed by atoms with Gasteiger partial charge in [0.25, 0.3) is 0 Å². The van der Waals surface area contributed by atoms with Gasteiger partial charge < -0.3 is 15.1 Å². The highest BCUT2D eigenvalue weighted by molar-refractivity contribution is 9.10. The first kappa shape index (κ1) is 14.8. The van der Waals surface area contributed by atoms with E-state index in [1.54, 1.807) is 6.92 Å². The molecule has 0 spiro atoms. The number of aliphatic hydroxyl groups excluding tert-OH is 1. The average Bonchev–Trinajstić information content (AvgIpc) is 2.49. The second-order valence-electron chi connectivity index (χ2n) is 5.72. The molecule has 1 aliphatic heterocycles. The summed E-state index contributed by atoms with van der Waals surface area (Å²) in [5.74, 6) is 0. The molecule has 1 unspecified atom stereocenters. The molecule has 1 fully saturated rings. The van der Waals surface area contributed by atoms with Crippen LogP contribution in [-0.2, 0) is 0 Å². The molecule has 4 heteroatoms. The molecular weight excluding hydrogens is 306 g/mol. The zero-order valence-corrected chi connectivity index (χ0v) is 13.2. The standard InChI is InChI=1S/C15H22BrNO2/c1-11(18)13-5-4-12(10-14(13)16)17-8-3-6-15(2,19)7-9-17/h4-5,10-11,18-19H,3,6-9H2,1-2H3/t11-,15?/m0/s1. The zero-order valence-electron chi connectivity index (χ0n) is 11.6. The summed E-state index contributed by atoms with van der Waals surface area (Å²) in [6.07, 6.45) is 2.19. The molecule has 1 saturated heterocycles. The average molecular weight is 328 g/mol. The highest BCUT2D eigenvalue weighted by atomic mass is 79.9. The first-order valence-corrected chi connectivity index (χ1v) is 7.63. The predicted molar refractivity (Wildman–Crippen MR) is 81.5 cm³/mol. The number of benzene rings is 1. The summed E-state index contributed by atoms with van der Waals surface area (Å²) in [5, 5.41) is 19.8. The van der Waals surface area contributed by atoms with Crippen LogP contribution in [0.25, 0.3) is 0 Å². The predicted octanol–water partition coefficient (Wildman–Crippen LogP) is 3.24. The molecule has 1 aromatic carbocycles. The molecular formula is C15H22BrNO2. The first-order valence-electron chi connectivity index (χ1n) is 6.84. The van der Waals surface area contributed by atoms with Crippen LogP contribution in [-0.4, -0.2) is 28.9 Å². The number of nitrogens with zero attached hydrogens (tertiary/aromatic N) is 1. The van der Waals surface area contributed by atoms with Crippen molar-refractivity contribution < 1.29 is 10.2 Å². The number of rotatable bonds is 2. The summed E-state index contributed by atoms with van der Waals surface area (Å²) in [6, 6.07) is 6.07. The van der Waals surface area contributed by atoms with E-state index in [9.17, 15) is 10.2 Å². The Morgan fingerprint density at radius 2 is 2.05 bits per heavy atom. The van der Waals surface area contributed by atoms with Crippen molar-refractivity contribution in [1.82, 2.24) is 0 Å². The van der Waals surface area contributed by atoms with Crippen molar-refractivity contribution in [3.8, 4) is 0 Å². The molecule has 1 heterocycles. The monoisotopic (exact) mass is 327 g/mol. The smallest absolute Gasteiger partial charge is 0.0772 e. The Morgan fingerprint density at radius 3 is 2.68 bits per heavy atom. The van der Waals surface area contributed by atoms with Crippen molar-refractivity contribution in [3.63, 3.8) is 0 Å². The van der Waals surface area contributed by atoms with E-state index in [0.29, 0.717) is 0 Å². The maximum atomic E-state index is 10.1. The topological polar surface area (TPSA) is 43.7 Å². The van der Waals surface area contributed by atoms with Gasteiger partial charge in [0.2, 0.25) is 0 Å². The summed E-state index contributed by atoms with van der Waals surface area (Å²) in [7, 11) is 0. The molecule has 3 nitrogen and oxygen atoms in total. The Balaban J connectivity index is 2.16. The van der Waals surface area contributed by atoms with Gasteiger partial charge >= 0.3 is 0 Å². The normalized spacial score (nSPS) is 26.1. The minimum atomic E-state index is -0.536. The van der Waals surface area contributed by atoms with E-state index in [1.165, 1.54) is 0 Å². The van der Waals surface area contributed by atoms with E-state index in [-0.39, 0.29) is 0 Å². The molecule has 2 rings (SSSR count). The fraction of sp³-hybridized carbons (Fsp3) is 0.600. The number of hydrogen-bond acceptors (Lipinski definition) is 3. The van der Waals surface area contributed by atoms with Crippen molar-refractivity contribution in [1.29, 1.82) is 0 Å². The Morgan fingerprint density at radius 1 is 1.32 bits per heavy atom. The van der Waals surface area contributed by atoms with E-state index in [2.05, 4.69) is 26.9 Å². The quantitative estimate of drug-likeness (QED) is 0.876. The summed E-state index contributed by atoms with van der Waals surface area (Å²) in [5.41, 5.74) is 1.52. The third kappa shape index (κ3) is 3.71. The lowest BCUT2D eigenvalue weighted by molar-refractivity contribution is 0.0481. The van der Waals surface area contributed by atoms with Crippen molar-refractivity contribution in [2.24, 2.45) is 0 Å². The Bertz CT molecular complexity index is 446. The molecule has 0 aromatic heterocycles. The molecule has 2 atom stereocenters. The second kappa shape index (κ2) is 5.81. The van der Waals surface area contributed by atoms with Crippen LogP contribution < -0.4 is 4.90 Å². The second-order valence-corrected chi connectivity index (χ2v) is 6.57. The summed E-state index contributed by atoms with van der Waals surface area (Å²) >= 11 is 3.52. The Kier molecular flexibility index (Phi) is 4.54. The van der Waals surface area contributed by atoms with Crippen LogP contribution in [0, 0.1) is 0 Å². The van der Waals surface area contributed by atoms with Gasteiger partial charge in [0.15, 0.2) is 0 Å². The SMILES string of the molecule is C[C@H](O)c1ccc(N2CCCC(C)(O)CC2)cc1Br. The van der Waals surface area contributed by atoms with Gasteiger partial charge in [-0.05, 0) is 50.8 Å². The van der Waals surface area contributed by atoms with E-state index < -0.39 is 11.7 Å². The van der Waals surface area contributed by atoms with Crippen molar-refractivity contribution in [3.05, 3.63) is 28.2 Å². The van der Waals surface area contributed by atoms with Crippen LogP contribution in [0.4, 0.5) is 5.69 Å². The third-order valence-corrected chi connectivity index (χ3v) is 4.55. The van der Waals surface area contributed by atoms with E-state index in [0.717, 1.165) is 48.1 Å². The Hall–Kier alpha value is -0.580. The third-order valence-electron chi connectivity index (χ3n) is 3.86. The van der Waals surface area contributed by atoms with Crippen LogP contribution in [0.3, 0.4) is 0 Å². The highest BCUT2D eigenvalue weighted by Crippen LogP contribution is 2.30. The van der Waals surface area contributed by atoms with E-state index >= 15 is 0 Å². The molecule has 2 N–H and O–H groups in total. The molecule has 0 saturated carbocycles. The van der Waals surface area contributed by atoms with E-state index in [4.69, 9.17) is 0 Å². The minimum absolute atomic E-state index is 0.465. The molecule has 1 aromatic rings. The number of hydrogen-bond donors (Lipinski definition) is 2. The lowest BCUT2D eigenvalue weighted by Crippen LogP contribution is -2.28. The van der Waals surface area contributed by atoms with Crippen LogP contribution in [0.15, 0.2) is 22.7 Å². The Labute approximate surface area is 123 Å². The fourth-order valence-electron chi connectivity index (χ4n) is 2.57. The number of anilines is 1. The van der Waals surface area contributed by atoms with E-state index in [1.807, 2.05) is 19.1 Å². The van der Waals surface area contributed by atoms with Gasteiger partial charge in [-0.3, -0.25) is 0 Å². The van der Waals surface area contributed by atoms with Gasteiger partial charge in [-0.25, -0.2) is 0 Å². The summed E-state index contributed by atoms with van der Waals surface area (Å²) in [6.45, 7) is 5.52. The molecule has 0 aliphatic carbocycles. The van der Waals surface area contributed by atoms with Crippen molar-refractivity contribution >= 4 is 21.6 Å². The first-order chi connectivity index (χ1) is 8.89. The van der Waals surface area contributed by atoms with Gasteiger partial charge in [0.1, 0.15) is 0 Å². The number of aliphatic hydroxyl groups is 2. The van der Waals surface area contributed by atoms with Gasteiger partial charge in [-0.1, -0.05) is 22.0 Å². The maximum Gasteiger partial charge on any atom is 0.0772 e. The lowest BCUT2D eigenvalue weighted by Gasteiger charge is -2.25. The molecule has 1 aliphatic rings. The molecule has 0 bridgehead atoms. The zero-order chi connectivity index (χ0) is 14.0.